The molecule has 30 heavy (non-hydrogen) atoms. The SMILES string of the molecule is N=C1CC=C(C2=CC(Cl)=C3OC(CNC(=O)C=Cc4ccc(N)nc4)=CC3C2)CC1. The van der Waals surface area contributed by atoms with Gasteiger partial charge in [-0.15, -0.1) is 0 Å². The Kier molecular flexibility index (Phi) is 5.86. The number of hydrogen-bond donors (Lipinski definition) is 3. The maximum atomic E-state index is 12.1. The maximum absolute atomic E-state index is 12.1. The lowest BCUT2D eigenvalue weighted by Crippen LogP contribution is -2.23. The van der Waals surface area contributed by atoms with E-state index in [0.717, 1.165) is 42.7 Å². The number of fused-ring (bicyclic) bond motifs is 1. The largest absolute Gasteiger partial charge is 0.462 e. The van der Waals surface area contributed by atoms with Gasteiger partial charge in [0.05, 0.1) is 11.6 Å². The number of ether oxygens (including phenoxy) is 1. The van der Waals surface area contributed by atoms with Crippen molar-refractivity contribution in [2.45, 2.75) is 25.7 Å². The van der Waals surface area contributed by atoms with Gasteiger partial charge in [-0.25, -0.2) is 4.98 Å². The average Bonchev–Trinajstić information content (AvgIpc) is 3.16. The summed E-state index contributed by atoms with van der Waals surface area (Å²) in [5.41, 5.74) is 9.62. The van der Waals surface area contributed by atoms with Gasteiger partial charge < -0.3 is 21.2 Å². The molecule has 1 aromatic heterocycles. The van der Waals surface area contributed by atoms with Gasteiger partial charge in [-0.2, -0.15) is 0 Å². The molecule has 154 valence electrons. The Morgan fingerprint density at radius 3 is 2.97 bits per heavy atom. The molecular formula is C23H23ClN4O2. The van der Waals surface area contributed by atoms with Crippen LogP contribution in [0.15, 0.2) is 70.3 Å². The highest BCUT2D eigenvalue weighted by molar-refractivity contribution is 6.31. The maximum Gasteiger partial charge on any atom is 0.244 e. The summed E-state index contributed by atoms with van der Waals surface area (Å²) in [6, 6.07) is 3.48. The van der Waals surface area contributed by atoms with E-state index < -0.39 is 0 Å². The monoisotopic (exact) mass is 422 g/mol. The summed E-state index contributed by atoms with van der Waals surface area (Å²) in [5, 5.41) is 11.2. The van der Waals surface area contributed by atoms with Gasteiger partial charge in [0.2, 0.25) is 5.91 Å². The number of nitrogen functional groups attached to an aromatic ring is 1. The van der Waals surface area contributed by atoms with Crippen LogP contribution < -0.4 is 11.1 Å². The van der Waals surface area contributed by atoms with E-state index in [1.165, 1.54) is 17.2 Å². The molecule has 1 unspecified atom stereocenters. The first-order chi connectivity index (χ1) is 14.5. The molecule has 0 spiro atoms. The van der Waals surface area contributed by atoms with Gasteiger partial charge in [-0.3, -0.25) is 4.79 Å². The van der Waals surface area contributed by atoms with Crippen LogP contribution in [-0.4, -0.2) is 23.1 Å². The molecule has 0 saturated heterocycles. The number of nitrogens with two attached hydrogens (primary N) is 1. The number of anilines is 1. The Morgan fingerprint density at radius 2 is 2.23 bits per heavy atom. The number of aromatic nitrogens is 1. The van der Waals surface area contributed by atoms with Crippen molar-refractivity contribution < 1.29 is 9.53 Å². The highest BCUT2D eigenvalue weighted by atomic mass is 35.5. The van der Waals surface area contributed by atoms with Crippen molar-refractivity contribution in [3.8, 4) is 0 Å². The fourth-order valence-electron chi connectivity index (χ4n) is 3.72. The molecule has 4 N–H and O–H groups in total. The van der Waals surface area contributed by atoms with E-state index in [2.05, 4.69) is 16.4 Å². The molecule has 1 amide bonds. The number of hydrogen-bond acceptors (Lipinski definition) is 5. The Labute approximate surface area is 180 Å². The zero-order valence-corrected chi connectivity index (χ0v) is 17.2. The summed E-state index contributed by atoms with van der Waals surface area (Å²) in [7, 11) is 0. The number of nitrogens with zero attached hydrogens (tertiary/aromatic N) is 1. The second kappa shape index (κ2) is 8.71. The minimum atomic E-state index is -0.222. The third kappa shape index (κ3) is 4.71. The molecule has 3 aliphatic rings. The van der Waals surface area contributed by atoms with Gasteiger partial charge in [-0.1, -0.05) is 17.7 Å². The minimum Gasteiger partial charge on any atom is -0.462 e. The van der Waals surface area contributed by atoms with Crippen LogP contribution in [0.25, 0.3) is 6.08 Å². The lowest BCUT2D eigenvalue weighted by molar-refractivity contribution is -0.116. The Bertz CT molecular complexity index is 1030. The predicted molar refractivity (Wildman–Crippen MR) is 119 cm³/mol. The highest BCUT2D eigenvalue weighted by Crippen LogP contribution is 2.42. The number of allylic oxidation sites excluding steroid dienone is 6. The van der Waals surface area contributed by atoms with Crippen molar-refractivity contribution in [3.63, 3.8) is 0 Å². The topological polar surface area (TPSA) is 101 Å². The second-order valence-electron chi connectivity index (χ2n) is 7.53. The number of carbonyl (C=O) groups excluding carboxylic acids is 1. The summed E-state index contributed by atoms with van der Waals surface area (Å²) in [5.74, 6) is 1.74. The van der Waals surface area contributed by atoms with Crippen molar-refractivity contribution in [1.82, 2.24) is 10.3 Å². The lowest BCUT2D eigenvalue weighted by Gasteiger charge is -2.23. The molecule has 1 atom stereocenters. The van der Waals surface area contributed by atoms with Gasteiger partial charge in [0, 0.05) is 30.3 Å². The van der Waals surface area contributed by atoms with Gasteiger partial charge >= 0.3 is 0 Å². The third-order valence-corrected chi connectivity index (χ3v) is 5.61. The highest BCUT2D eigenvalue weighted by Gasteiger charge is 2.31. The number of amides is 1. The van der Waals surface area contributed by atoms with E-state index in [1.807, 2.05) is 12.2 Å². The quantitative estimate of drug-likeness (QED) is 0.618. The number of pyridine rings is 1. The molecule has 6 nitrogen and oxygen atoms in total. The molecule has 0 radical (unpaired) electrons. The van der Waals surface area contributed by atoms with Crippen molar-refractivity contribution in [3.05, 3.63) is 75.9 Å². The third-order valence-electron chi connectivity index (χ3n) is 5.32. The van der Waals surface area contributed by atoms with E-state index in [4.69, 9.17) is 27.5 Å². The molecule has 2 aliphatic carbocycles. The fraction of sp³-hybridized carbons (Fsp3) is 0.261. The standard InChI is InChI=1S/C23H23ClN4O2/c24-20-11-16(15-3-5-18(25)6-4-15)9-17-10-19(30-23(17)20)13-28-22(29)8-2-14-1-7-21(26)27-12-14/h1-3,7-8,10-12,17,25H,4-6,9,13H2,(H2,26,27)(H,28,29). The smallest absolute Gasteiger partial charge is 0.244 e. The summed E-state index contributed by atoms with van der Waals surface area (Å²) < 4.78 is 5.90. The average molecular weight is 423 g/mol. The summed E-state index contributed by atoms with van der Waals surface area (Å²) in [6.45, 7) is 0.294. The molecule has 0 fully saturated rings. The van der Waals surface area contributed by atoms with Gasteiger partial charge in [0.25, 0.3) is 0 Å². The van der Waals surface area contributed by atoms with Gasteiger partial charge in [0.15, 0.2) is 0 Å². The van der Waals surface area contributed by atoms with Crippen LogP contribution in [0.5, 0.6) is 0 Å². The first-order valence-electron chi connectivity index (χ1n) is 9.90. The molecule has 7 heteroatoms. The first kappa shape index (κ1) is 20.2. The van der Waals surface area contributed by atoms with Crippen molar-refractivity contribution in [2.24, 2.45) is 5.92 Å². The van der Waals surface area contributed by atoms with E-state index in [-0.39, 0.29) is 11.8 Å². The number of carbonyl (C=O) groups is 1. The number of rotatable bonds is 5. The van der Waals surface area contributed by atoms with Crippen molar-refractivity contribution >= 4 is 35.1 Å². The van der Waals surface area contributed by atoms with Crippen molar-refractivity contribution in [1.29, 1.82) is 5.41 Å². The second-order valence-corrected chi connectivity index (χ2v) is 7.94. The number of halogens is 1. The summed E-state index contributed by atoms with van der Waals surface area (Å²) in [4.78, 5) is 16.1. The van der Waals surface area contributed by atoms with Gasteiger partial charge in [0.1, 0.15) is 17.3 Å². The van der Waals surface area contributed by atoms with Crippen LogP contribution in [0.3, 0.4) is 0 Å². The molecule has 0 aromatic carbocycles. The van der Waals surface area contributed by atoms with E-state index >= 15 is 0 Å². The van der Waals surface area contributed by atoms with Gasteiger partial charge in [-0.05, 0) is 66.3 Å². The zero-order valence-electron chi connectivity index (χ0n) is 16.5. The van der Waals surface area contributed by atoms with Crippen LogP contribution in [0.4, 0.5) is 5.82 Å². The number of nitrogens with one attached hydrogen (secondary N) is 2. The fourth-order valence-corrected chi connectivity index (χ4v) is 4.03. The van der Waals surface area contributed by atoms with E-state index in [0.29, 0.717) is 23.2 Å². The summed E-state index contributed by atoms with van der Waals surface area (Å²) in [6.07, 6.45) is 14.1. The Balaban J connectivity index is 1.34. The molecule has 0 bridgehead atoms. The first-order valence-corrected chi connectivity index (χ1v) is 10.3. The predicted octanol–water partition coefficient (Wildman–Crippen LogP) is 4.23. The minimum absolute atomic E-state index is 0.0862. The Hall–Kier alpha value is -3.12. The molecule has 1 aliphatic heterocycles. The summed E-state index contributed by atoms with van der Waals surface area (Å²) >= 11 is 6.48. The Morgan fingerprint density at radius 1 is 1.37 bits per heavy atom. The van der Waals surface area contributed by atoms with Crippen LogP contribution in [0, 0.1) is 11.3 Å². The molecule has 1 aromatic rings. The molecule has 2 heterocycles. The van der Waals surface area contributed by atoms with Crippen molar-refractivity contribution in [2.75, 3.05) is 12.3 Å². The molecule has 4 rings (SSSR count). The molecular weight excluding hydrogens is 400 g/mol. The molecule has 0 saturated carbocycles. The van der Waals surface area contributed by atoms with Crippen LogP contribution in [0.1, 0.15) is 31.2 Å². The lowest BCUT2D eigenvalue weighted by atomic mass is 9.84. The normalized spacial score (nSPS) is 21.0. The van der Waals surface area contributed by atoms with Crippen LogP contribution in [-0.2, 0) is 9.53 Å². The van der Waals surface area contributed by atoms with E-state index in [1.54, 1.807) is 24.4 Å². The van der Waals surface area contributed by atoms with Crippen LogP contribution in [0.2, 0.25) is 0 Å². The van der Waals surface area contributed by atoms with Crippen LogP contribution >= 0.6 is 11.6 Å². The van der Waals surface area contributed by atoms with E-state index in [9.17, 15) is 4.79 Å². The zero-order chi connectivity index (χ0) is 21.1.